The van der Waals surface area contributed by atoms with Gasteiger partial charge in [0.15, 0.2) is 17.3 Å². The maximum atomic E-state index is 15.7. The minimum absolute atomic E-state index is 0.0245. The summed E-state index contributed by atoms with van der Waals surface area (Å²) in [6.45, 7) is 0.596. The molecule has 4 aromatic rings. The first-order valence-electron chi connectivity index (χ1n) is 12.4. The highest BCUT2D eigenvalue weighted by Gasteiger charge is 2.41. The lowest BCUT2D eigenvalue weighted by atomic mass is 9.91. The molecule has 1 fully saturated rings. The first-order chi connectivity index (χ1) is 19.6. The largest absolute Gasteiger partial charge is 0.433 e. The molecule has 2 N–H and O–H groups in total. The van der Waals surface area contributed by atoms with E-state index in [0.717, 1.165) is 12.3 Å². The topological polar surface area (TPSA) is 147 Å². The molecule has 0 radical (unpaired) electrons. The van der Waals surface area contributed by atoms with E-state index in [1.165, 1.54) is 24.8 Å². The summed E-state index contributed by atoms with van der Waals surface area (Å²) in [6.07, 6.45) is 1.30. The Labute approximate surface area is 231 Å². The van der Waals surface area contributed by atoms with Crippen LogP contribution >= 0.6 is 0 Å². The van der Waals surface area contributed by atoms with Crippen molar-refractivity contribution in [2.45, 2.75) is 31.2 Å². The van der Waals surface area contributed by atoms with E-state index in [1.54, 1.807) is 23.7 Å². The summed E-state index contributed by atoms with van der Waals surface area (Å²) in [5.74, 6) is 0.371. The Morgan fingerprint density at radius 3 is 2.51 bits per heavy atom. The second kappa shape index (κ2) is 10.9. The Kier molecular flexibility index (Phi) is 7.31. The van der Waals surface area contributed by atoms with Crippen molar-refractivity contribution in [3.8, 4) is 17.3 Å². The highest BCUT2D eigenvalue weighted by molar-refractivity contribution is 5.81. The SMILES string of the molecule is Cn1cnnc1C1(F)CCN(c2c(C#N)ccnc2-c2cnc(N=NCc3ccc(C(F)(F)F)nc3)c(N)c2)CC1. The number of hydrogen-bond acceptors (Lipinski definition) is 10. The van der Waals surface area contributed by atoms with Gasteiger partial charge in [0.2, 0.25) is 0 Å². The van der Waals surface area contributed by atoms with Crippen molar-refractivity contribution < 1.29 is 17.6 Å². The van der Waals surface area contributed by atoms with E-state index >= 15 is 4.39 Å². The van der Waals surface area contributed by atoms with Crippen LogP contribution in [0.5, 0.6) is 0 Å². The summed E-state index contributed by atoms with van der Waals surface area (Å²) in [5.41, 5.74) is 6.03. The molecule has 1 aliphatic rings. The van der Waals surface area contributed by atoms with E-state index in [-0.39, 0.29) is 36.7 Å². The lowest BCUT2D eigenvalue weighted by molar-refractivity contribution is -0.141. The maximum Gasteiger partial charge on any atom is 0.433 e. The minimum atomic E-state index is -4.52. The molecule has 0 atom stereocenters. The second-order valence-electron chi connectivity index (χ2n) is 9.47. The molecular formula is C26H23F4N11. The van der Waals surface area contributed by atoms with Gasteiger partial charge >= 0.3 is 6.18 Å². The van der Waals surface area contributed by atoms with Crippen LogP contribution < -0.4 is 10.6 Å². The van der Waals surface area contributed by atoms with E-state index in [0.29, 0.717) is 41.2 Å². The predicted molar refractivity (Wildman–Crippen MR) is 139 cm³/mol. The van der Waals surface area contributed by atoms with Crippen molar-refractivity contribution >= 4 is 17.2 Å². The van der Waals surface area contributed by atoms with Crippen LogP contribution in [0.25, 0.3) is 11.3 Å². The molecule has 0 bridgehead atoms. The zero-order valence-electron chi connectivity index (χ0n) is 21.7. The molecule has 1 aliphatic heterocycles. The number of aryl methyl sites for hydroxylation is 1. The zero-order valence-corrected chi connectivity index (χ0v) is 21.7. The molecule has 1 saturated heterocycles. The third-order valence-corrected chi connectivity index (χ3v) is 6.73. The van der Waals surface area contributed by atoms with E-state index in [4.69, 9.17) is 5.73 Å². The van der Waals surface area contributed by atoms with Gasteiger partial charge < -0.3 is 15.2 Å². The number of piperidine rings is 1. The van der Waals surface area contributed by atoms with Crippen LogP contribution in [0, 0.1) is 11.3 Å². The number of halogens is 4. The van der Waals surface area contributed by atoms with Crippen molar-refractivity contribution in [3.63, 3.8) is 0 Å². The number of nitrogens with two attached hydrogens (primary N) is 1. The van der Waals surface area contributed by atoms with Crippen LogP contribution in [0.2, 0.25) is 0 Å². The molecule has 5 rings (SSSR count). The fraction of sp³-hybridized carbons (Fsp3) is 0.308. The highest BCUT2D eigenvalue weighted by Crippen LogP contribution is 2.40. The van der Waals surface area contributed by atoms with E-state index in [2.05, 4.69) is 41.4 Å². The van der Waals surface area contributed by atoms with Crippen molar-refractivity contribution in [2.75, 3.05) is 23.7 Å². The molecule has 0 aliphatic carbocycles. The fourth-order valence-electron chi connectivity index (χ4n) is 4.63. The standard InChI is InChI=1S/C26H23F4N11/c1-40-15-37-39-24(40)25(27)5-8-41(9-6-25)22-17(11-31)4-7-33-21(22)18-10-19(32)23(35-14-18)38-36-13-16-2-3-20(34-12-16)26(28,29)30/h2-4,7,10,12,14-15H,5-6,8-9,13,32H2,1H3. The summed E-state index contributed by atoms with van der Waals surface area (Å²) in [4.78, 5) is 14.1. The molecule has 210 valence electrons. The number of anilines is 2. The zero-order chi connectivity index (χ0) is 29.2. The fourth-order valence-corrected chi connectivity index (χ4v) is 4.63. The van der Waals surface area contributed by atoms with E-state index in [1.807, 2.05) is 4.90 Å². The molecule has 0 aromatic carbocycles. The lowest BCUT2D eigenvalue weighted by Crippen LogP contribution is -2.42. The van der Waals surface area contributed by atoms with Crippen LogP contribution in [-0.4, -0.2) is 42.8 Å². The number of nitrogen functional groups attached to an aromatic ring is 1. The third-order valence-electron chi connectivity index (χ3n) is 6.73. The average Bonchev–Trinajstić information content (AvgIpc) is 3.40. The number of rotatable bonds is 6. The van der Waals surface area contributed by atoms with Crippen molar-refractivity contribution in [1.29, 1.82) is 5.26 Å². The number of alkyl halides is 4. The molecule has 5 heterocycles. The van der Waals surface area contributed by atoms with Gasteiger partial charge in [0, 0.05) is 57.1 Å². The van der Waals surface area contributed by atoms with E-state index in [9.17, 15) is 18.4 Å². The predicted octanol–water partition coefficient (Wildman–Crippen LogP) is 4.89. The molecule has 0 spiro atoms. The summed E-state index contributed by atoms with van der Waals surface area (Å²) < 4.78 is 55.4. The van der Waals surface area contributed by atoms with Gasteiger partial charge in [0.1, 0.15) is 18.1 Å². The van der Waals surface area contributed by atoms with Crippen molar-refractivity contribution in [1.82, 2.24) is 29.7 Å². The monoisotopic (exact) mass is 565 g/mol. The van der Waals surface area contributed by atoms with Gasteiger partial charge in [0.25, 0.3) is 0 Å². The van der Waals surface area contributed by atoms with Crippen LogP contribution in [0.1, 0.15) is 35.5 Å². The number of pyridine rings is 3. The van der Waals surface area contributed by atoms with Crippen LogP contribution in [0.15, 0.2) is 59.4 Å². The summed E-state index contributed by atoms with van der Waals surface area (Å²) in [7, 11) is 1.70. The van der Waals surface area contributed by atoms with Crippen LogP contribution in [0.4, 0.5) is 34.8 Å². The summed E-state index contributed by atoms with van der Waals surface area (Å²) >= 11 is 0. The van der Waals surface area contributed by atoms with Gasteiger partial charge in [-0.05, 0) is 23.8 Å². The maximum absolute atomic E-state index is 15.7. The van der Waals surface area contributed by atoms with Gasteiger partial charge in [-0.1, -0.05) is 6.07 Å². The molecular weight excluding hydrogens is 542 g/mol. The number of hydrogen-bond donors (Lipinski definition) is 1. The molecule has 11 nitrogen and oxygen atoms in total. The van der Waals surface area contributed by atoms with Gasteiger partial charge in [-0.15, -0.1) is 15.3 Å². The Morgan fingerprint density at radius 1 is 1.12 bits per heavy atom. The molecule has 0 saturated carbocycles. The molecule has 0 amide bonds. The van der Waals surface area contributed by atoms with Crippen molar-refractivity contribution in [3.05, 3.63) is 71.8 Å². The Balaban J connectivity index is 1.35. The van der Waals surface area contributed by atoms with Gasteiger partial charge in [0.05, 0.1) is 29.2 Å². The smallest absolute Gasteiger partial charge is 0.396 e. The highest BCUT2D eigenvalue weighted by atomic mass is 19.4. The number of aromatic nitrogens is 6. The van der Waals surface area contributed by atoms with Crippen LogP contribution in [0.3, 0.4) is 0 Å². The van der Waals surface area contributed by atoms with Crippen molar-refractivity contribution in [2.24, 2.45) is 17.3 Å². The van der Waals surface area contributed by atoms with E-state index < -0.39 is 17.5 Å². The molecule has 15 heteroatoms. The first kappa shape index (κ1) is 27.6. The number of nitrogens with zero attached hydrogens (tertiary/aromatic N) is 10. The average molecular weight is 566 g/mol. The summed E-state index contributed by atoms with van der Waals surface area (Å²) in [5, 5.41) is 25.5. The first-order valence-corrected chi connectivity index (χ1v) is 12.4. The minimum Gasteiger partial charge on any atom is -0.396 e. The molecule has 0 unspecified atom stereocenters. The number of azo groups is 1. The Hall–Kier alpha value is -5.00. The summed E-state index contributed by atoms with van der Waals surface area (Å²) in [6, 6.07) is 7.51. The normalized spacial score (nSPS) is 15.3. The third kappa shape index (κ3) is 5.67. The number of nitriles is 1. The van der Waals surface area contributed by atoms with Gasteiger partial charge in [-0.2, -0.15) is 23.5 Å². The second-order valence-corrected chi connectivity index (χ2v) is 9.47. The quantitative estimate of drug-likeness (QED) is 0.257. The van der Waals surface area contributed by atoms with Gasteiger partial charge in [-0.3, -0.25) is 9.97 Å². The molecule has 41 heavy (non-hydrogen) atoms. The van der Waals surface area contributed by atoms with Gasteiger partial charge in [-0.25, -0.2) is 9.37 Å². The Bertz CT molecular complexity index is 1620. The lowest BCUT2D eigenvalue weighted by Gasteiger charge is -2.37. The Morgan fingerprint density at radius 2 is 1.90 bits per heavy atom. The molecule has 4 aromatic heterocycles. The van der Waals surface area contributed by atoms with Crippen LogP contribution in [-0.2, 0) is 25.4 Å².